The fourth-order valence-corrected chi connectivity index (χ4v) is 4.01. The van der Waals surface area contributed by atoms with Crippen LogP contribution in [0.15, 0.2) is 18.2 Å². The molecule has 100 valence electrons. The molecule has 1 fully saturated rings. The summed E-state index contributed by atoms with van der Waals surface area (Å²) in [5.41, 5.74) is 0.498. The summed E-state index contributed by atoms with van der Waals surface area (Å²) >= 11 is 3.55. The maximum atomic E-state index is 13.8. The number of benzene rings is 1. The van der Waals surface area contributed by atoms with Crippen molar-refractivity contribution < 1.29 is 13.5 Å². The van der Waals surface area contributed by atoms with Gasteiger partial charge in [0.2, 0.25) is 0 Å². The van der Waals surface area contributed by atoms with Gasteiger partial charge in [0.15, 0.2) is 0 Å². The lowest BCUT2D eigenvalue weighted by atomic mass is 9.84. The molecular weight excluding hydrogens is 302 g/mol. The van der Waals surface area contributed by atoms with Crippen molar-refractivity contribution in [2.24, 2.45) is 11.8 Å². The molecule has 1 aromatic rings. The van der Waals surface area contributed by atoms with E-state index in [1.807, 2.05) is 13.8 Å². The van der Waals surface area contributed by atoms with Crippen LogP contribution in [0.3, 0.4) is 0 Å². The van der Waals surface area contributed by atoms with Crippen LogP contribution in [0, 0.1) is 23.5 Å². The van der Waals surface area contributed by atoms with E-state index in [0.29, 0.717) is 11.5 Å². The van der Waals surface area contributed by atoms with E-state index in [0.717, 1.165) is 6.07 Å². The highest BCUT2D eigenvalue weighted by atomic mass is 79.9. The molecule has 0 aliphatic carbocycles. The molecule has 1 nitrogen and oxygen atoms in total. The number of alkyl halides is 1. The minimum absolute atomic E-state index is 0.0591. The summed E-state index contributed by atoms with van der Waals surface area (Å²) in [7, 11) is 0. The standard InChI is InChI=1S/C14H17BrF2O/c1-7-8(2)18-9(3)13(7)14(15)11-5-4-10(16)6-12(11)17/h4-9,13-14H,1-3H3. The Balaban J connectivity index is 2.28. The van der Waals surface area contributed by atoms with E-state index in [1.54, 1.807) is 0 Å². The summed E-state index contributed by atoms with van der Waals surface area (Å²) in [6, 6.07) is 3.73. The summed E-state index contributed by atoms with van der Waals surface area (Å²) in [4.78, 5) is -0.159. The van der Waals surface area contributed by atoms with Crippen LogP contribution in [0.5, 0.6) is 0 Å². The highest BCUT2D eigenvalue weighted by molar-refractivity contribution is 9.09. The summed E-state index contributed by atoms with van der Waals surface area (Å²) in [5, 5.41) is 0. The Bertz CT molecular complexity index is 438. The monoisotopic (exact) mass is 318 g/mol. The van der Waals surface area contributed by atoms with Gasteiger partial charge in [-0.05, 0) is 25.8 Å². The van der Waals surface area contributed by atoms with Gasteiger partial charge < -0.3 is 4.74 Å². The zero-order chi connectivity index (χ0) is 13.4. The predicted octanol–water partition coefficient (Wildman–Crippen LogP) is 4.46. The largest absolute Gasteiger partial charge is 0.375 e. The molecule has 0 aromatic heterocycles. The van der Waals surface area contributed by atoms with Crippen molar-refractivity contribution in [1.29, 1.82) is 0 Å². The second-order valence-electron chi connectivity index (χ2n) is 5.05. The Labute approximate surface area is 115 Å². The van der Waals surface area contributed by atoms with E-state index >= 15 is 0 Å². The van der Waals surface area contributed by atoms with Gasteiger partial charge in [0, 0.05) is 22.4 Å². The Kier molecular flexibility index (Phi) is 4.07. The molecule has 2 rings (SSSR count). The smallest absolute Gasteiger partial charge is 0.130 e. The van der Waals surface area contributed by atoms with Crippen LogP contribution in [0.1, 0.15) is 31.2 Å². The molecular formula is C14H17BrF2O. The third kappa shape index (κ3) is 2.45. The summed E-state index contributed by atoms with van der Waals surface area (Å²) in [6.45, 7) is 6.14. The molecule has 0 N–H and O–H groups in total. The molecule has 1 aromatic carbocycles. The van der Waals surface area contributed by atoms with Crippen molar-refractivity contribution in [3.63, 3.8) is 0 Å². The van der Waals surface area contributed by atoms with E-state index in [9.17, 15) is 8.78 Å². The first-order valence-corrected chi connectivity index (χ1v) is 7.08. The molecule has 1 aliphatic heterocycles. The van der Waals surface area contributed by atoms with Gasteiger partial charge in [-0.1, -0.05) is 28.9 Å². The van der Waals surface area contributed by atoms with Crippen LogP contribution >= 0.6 is 15.9 Å². The lowest BCUT2D eigenvalue weighted by Crippen LogP contribution is -2.22. The summed E-state index contributed by atoms with van der Waals surface area (Å²) in [6.07, 6.45) is 0.220. The molecule has 5 atom stereocenters. The highest BCUT2D eigenvalue weighted by Gasteiger charge is 2.41. The lowest BCUT2D eigenvalue weighted by molar-refractivity contribution is 0.0510. The molecule has 0 amide bonds. The number of hydrogen-bond donors (Lipinski definition) is 0. The van der Waals surface area contributed by atoms with Crippen molar-refractivity contribution >= 4 is 15.9 Å². The van der Waals surface area contributed by atoms with Gasteiger partial charge in [0.05, 0.1) is 12.2 Å². The van der Waals surface area contributed by atoms with Crippen LogP contribution in [-0.4, -0.2) is 12.2 Å². The Hall–Kier alpha value is -0.480. The number of ether oxygens (including phenoxy) is 1. The van der Waals surface area contributed by atoms with Crippen molar-refractivity contribution in [1.82, 2.24) is 0 Å². The molecule has 0 saturated carbocycles. The SMILES string of the molecule is CC1OC(C)C(C(Br)c2ccc(F)cc2F)C1C. The topological polar surface area (TPSA) is 9.23 Å². The minimum Gasteiger partial charge on any atom is -0.375 e. The summed E-state index contributed by atoms with van der Waals surface area (Å²) < 4.78 is 32.5. The lowest BCUT2D eigenvalue weighted by Gasteiger charge is -2.25. The fourth-order valence-electron chi connectivity index (χ4n) is 2.73. The van der Waals surface area contributed by atoms with Gasteiger partial charge in [-0.25, -0.2) is 8.78 Å². The third-order valence-corrected chi connectivity index (χ3v) is 5.02. The molecule has 0 bridgehead atoms. The molecule has 0 radical (unpaired) electrons. The quantitative estimate of drug-likeness (QED) is 0.731. The van der Waals surface area contributed by atoms with Crippen molar-refractivity contribution in [3.05, 3.63) is 35.4 Å². The van der Waals surface area contributed by atoms with Crippen molar-refractivity contribution in [2.75, 3.05) is 0 Å². The first-order chi connectivity index (χ1) is 8.41. The number of hydrogen-bond acceptors (Lipinski definition) is 1. The molecule has 18 heavy (non-hydrogen) atoms. The molecule has 1 heterocycles. The second-order valence-corrected chi connectivity index (χ2v) is 6.04. The van der Waals surface area contributed by atoms with Crippen LogP contribution in [0.2, 0.25) is 0 Å². The Morgan fingerprint density at radius 2 is 1.83 bits per heavy atom. The first kappa shape index (κ1) is 13.9. The first-order valence-electron chi connectivity index (χ1n) is 6.16. The van der Waals surface area contributed by atoms with E-state index in [4.69, 9.17) is 4.74 Å². The average molecular weight is 319 g/mol. The molecule has 4 heteroatoms. The van der Waals surface area contributed by atoms with Gasteiger partial charge in [0.25, 0.3) is 0 Å². The van der Waals surface area contributed by atoms with Crippen LogP contribution in [0.4, 0.5) is 8.78 Å². The van der Waals surface area contributed by atoms with Crippen LogP contribution < -0.4 is 0 Å². The number of rotatable bonds is 2. The Morgan fingerprint density at radius 3 is 2.33 bits per heavy atom. The zero-order valence-corrected chi connectivity index (χ0v) is 12.2. The van der Waals surface area contributed by atoms with Crippen molar-refractivity contribution in [2.45, 2.75) is 37.8 Å². The van der Waals surface area contributed by atoms with Gasteiger partial charge in [-0.2, -0.15) is 0 Å². The van der Waals surface area contributed by atoms with Gasteiger partial charge in [-0.15, -0.1) is 0 Å². The predicted molar refractivity (Wildman–Crippen MR) is 70.7 cm³/mol. The van der Waals surface area contributed by atoms with E-state index in [1.165, 1.54) is 12.1 Å². The maximum absolute atomic E-state index is 13.8. The third-order valence-electron chi connectivity index (χ3n) is 3.92. The normalized spacial score (nSPS) is 33.7. The van der Waals surface area contributed by atoms with Gasteiger partial charge in [0.1, 0.15) is 11.6 Å². The zero-order valence-electron chi connectivity index (χ0n) is 10.7. The van der Waals surface area contributed by atoms with Crippen LogP contribution in [0.25, 0.3) is 0 Å². The van der Waals surface area contributed by atoms with Gasteiger partial charge >= 0.3 is 0 Å². The highest BCUT2D eigenvalue weighted by Crippen LogP contribution is 2.45. The van der Waals surface area contributed by atoms with Crippen LogP contribution in [-0.2, 0) is 4.74 Å². The average Bonchev–Trinajstić information content (AvgIpc) is 2.52. The summed E-state index contributed by atoms with van der Waals surface area (Å²) in [5.74, 6) is -0.544. The molecule has 5 unspecified atom stereocenters. The molecule has 1 saturated heterocycles. The van der Waals surface area contributed by atoms with E-state index in [2.05, 4.69) is 22.9 Å². The fraction of sp³-hybridized carbons (Fsp3) is 0.571. The second kappa shape index (κ2) is 5.25. The Morgan fingerprint density at radius 1 is 1.17 bits per heavy atom. The maximum Gasteiger partial charge on any atom is 0.130 e. The van der Waals surface area contributed by atoms with E-state index in [-0.39, 0.29) is 23.0 Å². The number of halogens is 3. The van der Waals surface area contributed by atoms with Crippen molar-refractivity contribution in [3.8, 4) is 0 Å². The van der Waals surface area contributed by atoms with Gasteiger partial charge in [-0.3, -0.25) is 0 Å². The molecule has 0 spiro atoms. The molecule has 1 aliphatic rings. The minimum atomic E-state index is -0.548. The van der Waals surface area contributed by atoms with E-state index < -0.39 is 11.6 Å².